The lowest BCUT2D eigenvalue weighted by molar-refractivity contribution is 0.0964. The molecule has 0 aromatic heterocycles. The molecule has 0 heterocycles. The van der Waals surface area contributed by atoms with Crippen LogP contribution >= 0.6 is 15.9 Å². The molecule has 1 aromatic rings. The Hall–Kier alpha value is -0.870. The van der Waals surface area contributed by atoms with Gasteiger partial charge in [0, 0.05) is 0 Å². The van der Waals surface area contributed by atoms with E-state index in [-0.39, 0.29) is 5.78 Å². The molecule has 15 heavy (non-hydrogen) atoms. The Morgan fingerprint density at radius 3 is 2.60 bits per heavy atom. The molecule has 0 fully saturated rings. The largest absolute Gasteiger partial charge is 0.495 e. The number of methoxy groups -OCH3 is 1. The quantitative estimate of drug-likeness (QED) is 0.859. The molecule has 1 rings (SSSR count). The summed E-state index contributed by atoms with van der Waals surface area (Å²) in [7, 11) is 1.54. The van der Waals surface area contributed by atoms with Crippen molar-refractivity contribution in [3.8, 4) is 5.75 Å². The van der Waals surface area contributed by atoms with Crippen molar-refractivity contribution in [3.05, 3.63) is 27.7 Å². The number of halogens is 1. The molecule has 0 amide bonds. The van der Waals surface area contributed by atoms with Crippen molar-refractivity contribution in [1.29, 1.82) is 0 Å². The van der Waals surface area contributed by atoms with Crippen LogP contribution in [0.4, 0.5) is 0 Å². The van der Waals surface area contributed by atoms with E-state index in [1.165, 1.54) is 7.11 Å². The first-order valence-corrected chi connectivity index (χ1v) is 5.41. The Labute approximate surface area is 97.7 Å². The molecule has 0 saturated heterocycles. The average Bonchev–Trinajstić information content (AvgIpc) is 2.19. The second-order valence-corrected chi connectivity index (χ2v) is 4.28. The SMILES string of the molecule is COc1c(Br)ccc(C)c1C(=O)C(C)N. The summed E-state index contributed by atoms with van der Waals surface area (Å²) in [6.07, 6.45) is 0. The summed E-state index contributed by atoms with van der Waals surface area (Å²) in [4.78, 5) is 11.9. The van der Waals surface area contributed by atoms with Crippen molar-refractivity contribution in [3.63, 3.8) is 0 Å². The van der Waals surface area contributed by atoms with Crippen LogP contribution in [0.25, 0.3) is 0 Å². The van der Waals surface area contributed by atoms with Crippen LogP contribution < -0.4 is 10.5 Å². The zero-order valence-electron chi connectivity index (χ0n) is 9.00. The van der Waals surface area contributed by atoms with E-state index in [2.05, 4.69) is 15.9 Å². The highest BCUT2D eigenvalue weighted by atomic mass is 79.9. The molecule has 82 valence electrons. The molecular weight excluding hydrogens is 258 g/mol. The molecular formula is C11H14BrNO2. The van der Waals surface area contributed by atoms with E-state index in [9.17, 15) is 4.79 Å². The maximum absolute atomic E-state index is 11.9. The lowest BCUT2D eigenvalue weighted by Gasteiger charge is -2.13. The molecule has 0 saturated carbocycles. The molecule has 1 atom stereocenters. The number of hydrogen-bond donors (Lipinski definition) is 1. The first-order valence-electron chi connectivity index (χ1n) is 4.62. The maximum Gasteiger partial charge on any atom is 0.183 e. The van der Waals surface area contributed by atoms with Gasteiger partial charge in [0.25, 0.3) is 0 Å². The van der Waals surface area contributed by atoms with Crippen LogP contribution in [-0.2, 0) is 0 Å². The summed E-state index contributed by atoms with van der Waals surface area (Å²) >= 11 is 3.34. The number of benzene rings is 1. The van der Waals surface area contributed by atoms with Gasteiger partial charge >= 0.3 is 0 Å². The number of carbonyl (C=O) groups excluding carboxylic acids is 1. The molecule has 3 nitrogen and oxygen atoms in total. The summed E-state index contributed by atoms with van der Waals surface area (Å²) in [5.74, 6) is 0.447. The number of nitrogens with two attached hydrogens (primary N) is 1. The lowest BCUT2D eigenvalue weighted by Crippen LogP contribution is -2.27. The smallest absolute Gasteiger partial charge is 0.183 e. The number of ketones is 1. The molecule has 1 unspecified atom stereocenters. The third-order valence-corrected chi connectivity index (χ3v) is 2.81. The van der Waals surface area contributed by atoms with E-state index in [1.54, 1.807) is 6.92 Å². The Balaban J connectivity index is 3.37. The predicted octanol–water partition coefficient (Wildman–Crippen LogP) is 2.30. The van der Waals surface area contributed by atoms with Crippen LogP contribution in [0, 0.1) is 6.92 Å². The van der Waals surface area contributed by atoms with Crippen molar-refractivity contribution in [2.45, 2.75) is 19.9 Å². The molecule has 0 radical (unpaired) electrons. The molecule has 0 bridgehead atoms. The van der Waals surface area contributed by atoms with Crippen LogP contribution in [0.15, 0.2) is 16.6 Å². The predicted molar refractivity (Wildman–Crippen MR) is 63.4 cm³/mol. The van der Waals surface area contributed by atoms with Gasteiger partial charge in [-0.2, -0.15) is 0 Å². The van der Waals surface area contributed by atoms with Crippen LogP contribution in [0.1, 0.15) is 22.8 Å². The first-order chi connectivity index (χ1) is 6.99. The van der Waals surface area contributed by atoms with Crippen molar-refractivity contribution >= 4 is 21.7 Å². The number of hydrogen-bond acceptors (Lipinski definition) is 3. The second kappa shape index (κ2) is 4.77. The Morgan fingerprint density at radius 2 is 2.13 bits per heavy atom. The Kier molecular flexibility index (Phi) is 3.88. The van der Waals surface area contributed by atoms with Gasteiger partial charge in [-0.15, -0.1) is 0 Å². The highest BCUT2D eigenvalue weighted by molar-refractivity contribution is 9.10. The minimum atomic E-state index is -0.521. The van der Waals surface area contributed by atoms with E-state index in [4.69, 9.17) is 10.5 Å². The van der Waals surface area contributed by atoms with Crippen LogP contribution in [0.5, 0.6) is 5.75 Å². The zero-order chi connectivity index (χ0) is 11.6. The lowest BCUT2D eigenvalue weighted by atomic mass is 10.00. The van der Waals surface area contributed by atoms with Crippen LogP contribution in [0.2, 0.25) is 0 Å². The fourth-order valence-electron chi connectivity index (χ4n) is 1.39. The normalized spacial score (nSPS) is 12.3. The molecule has 0 aliphatic carbocycles. The third kappa shape index (κ3) is 2.38. The summed E-state index contributed by atoms with van der Waals surface area (Å²) in [5, 5.41) is 0. The van der Waals surface area contributed by atoms with Crippen LogP contribution in [-0.4, -0.2) is 18.9 Å². The number of rotatable bonds is 3. The van der Waals surface area contributed by atoms with Gasteiger partial charge in [0.05, 0.1) is 23.2 Å². The van der Waals surface area contributed by atoms with Gasteiger partial charge in [0.15, 0.2) is 5.78 Å². The molecule has 0 aliphatic rings. The van der Waals surface area contributed by atoms with Gasteiger partial charge in [-0.1, -0.05) is 6.07 Å². The van der Waals surface area contributed by atoms with Gasteiger partial charge in [-0.25, -0.2) is 0 Å². The Morgan fingerprint density at radius 1 is 1.53 bits per heavy atom. The van der Waals surface area contributed by atoms with Gasteiger partial charge < -0.3 is 10.5 Å². The van der Waals surface area contributed by atoms with E-state index >= 15 is 0 Å². The fraction of sp³-hybridized carbons (Fsp3) is 0.364. The molecule has 2 N–H and O–H groups in total. The van der Waals surface area contributed by atoms with Gasteiger partial charge in [0.2, 0.25) is 0 Å². The van der Waals surface area contributed by atoms with Crippen molar-refractivity contribution < 1.29 is 9.53 Å². The van der Waals surface area contributed by atoms with Gasteiger partial charge in [0.1, 0.15) is 5.75 Å². The zero-order valence-corrected chi connectivity index (χ0v) is 10.6. The first kappa shape index (κ1) is 12.2. The van der Waals surface area contributed by atoms with E-state index < -0.39 is 6.04 Å². The summed E-state index contributed by atoms with van der Waals surface area (Å²) in [5.41, 5.74) is 7.02. The summed E-state index contributed by atoms with van der Waals surface area (Å²) in [6, 6.07) is 3.20. The summed E-state index contributed by atoms with van der Waals surface area (Å²) in [6.45, 7) is 3.53. The van der Waals surface area contributed by atoms with Crippen molar-refractivity contribution in [1.82, 2.24) is 0 Å². The monoisotopic (exact) mass is 271 g/mol. The van der Waals surface area contributed by atoms with E-state index in [0.29, 0.717) is 11.3 Å². The Bertz CT molecular complexity index is 388. The topological polar surface area (TPSA) is 52.3 Å². The maximum atomic E-state index is 11.9. The molecule has 0 spiro atoms. The van der Waals surface area contributed by atoms with E-state index in [0.717, 1.165) is 10.0 Å². The minimum absolute atomic E-state index is 0.106. The van der Waals surface area contributed by atoms with Crippen molar-refractivity contribution in [2.75, 3.05) is 7.11 Å². The fourth-order valence-corrected chi connectivity index (χ4v) is 1.88. The van der Waals surface area contributed by atoms with Crippen LogP contribution in [0.3, 0.4) is 0 Å². The number of aryl methyl sites for hydroxylation is 1. The molecule has 4 heteroatoms. The van der Waals surface area contributed by atoms with Gasteiger partial charge in [-0.3, -0.25) is 4.79 Å². The highest BCUT2D eigenvalue weighted by Crippen LogP contribution is 2.31. The third-order valence-electron chi connectivity index (χ3n) is 2.18. The molecule has 0 aliphatic heterocycles. The van der Waals surface area contributed by atoms with E-state index in [1.807, 2.05) is 19.1 Å². The minimum Gasteiger partial charge on any atom is -0.495 e. The number of carbonyl (C=O) groups is 1. The second-order valence-electron chi connectivity index (χ2n) is 3.43. The number of ether oxygens (including phenoxy) is 1. The van der Waals surface area contributed by atoms with Gasteiger partial charge in [-0.05, 0) is 41.4 Å². The highest BCUT2D eigenvalue weighted by Gasteiger charge is 2.20. The summed E-state index contributed by atoms with van der Waals surface area (Å²) < 4.78 is 5.97. The average molecular weight is 272 g/mol. The van der Waals surface area contributed by atoms with Crippen molar-refractivity contribution in [2.24, 2.45) is 5.73 Å². The molecule has 1 aromatic carbocycles. The standard InChI is InChI=1S/C11H14BrNO2/c1-6-4-5-8(12)11(15-3)9(6)10(14)7(2)13/h4-5,7H,13H2,1-3H3. The number of Topliss-reactive ketones (excluding diaryl/α,β-unsaturated/α-hetero) is 1.